The molecule has 0 spiro atoms. The smallest absolute Gasteiger partial charge is 0.261 e. The first-order valence-corrected chi connectivity index (χ1v) is 9.07. The van der Waals surface area contributed by atoms with Crippen molar-refractivity contribution in [2.75, 3.05) is 11.9 Å². The van der Waals surface area contributed by atoms with Gasteiger partial charge >= 0.3 is 0 Å². The molecule has 0 fully saturated rings. The van der Waals surface area contributed by atoms with Crippen LogP contribution in [0.2, 0.25) is 0 Å². The number of anilines is 1. The Hall–Kier alpha value is -2.58. The molecule has 2 N–H and O–H groups in total. The molecule has 2 heterocycles. The molecule has 0 saturated heterocycles. The second-order valence-electron chi connectivity index (χ2n) is 5.14. The fourth-order valence-electron chi connectivity index (χ4n) is 2.14. The zero-order chi connectivity index (χ0) is 17.8. The standard InChI is InChI=1S/C17H14FN3O2S2/c1-10-15(11-4-6-12(18)7-5-11)21-17(25-10)20-14(22)9-19-16(23)13-3-2-8-24-13/h2-8H,9H2,1H3,(H,19,23)(H,20,21,22). The maximum absolute atomic E-state index is 13.0. The monoisotopic (exact) mass is 375 g/mol. The van der Waals surface area contributed by atoms with Gasteiger partial charge in [-0.1, -0.05) is 6.07 Å². The largest absolute Gasteiger partial charge is 0.342 e. The lowest BCUT2D eigenvalue weighted by molar-refractivity contribution is -0.115. The molecule has 0 aliphatic rings. The number of halogens is 1. The zero-order valence-electron chi connectivity index (χ0n) is 13.2. The van der Waals surface area contributed by atoms with E-state index in [9.17, 15) is 14.0 Å². The Morgan fingerprint density at radius 1 is 1.20 bits per heavy atom. The first kappa shape index (κ1) is 17.2. The highest BCUT2D eigenvalue weighted by Crippen LogP contribution is 2.30. The topological polar surface area (TPSA) is 71.1 Å². The minimum absolute atomic E-state index is 0.138. The van der Waals surface area contributed by atoms with Gasteiger partial charge in [-0.05, 0) is 42.6 Å². The molecule has 0 saturated carbocycles. The number of amides is 2. The van der Waals surface area contributed by atoms with Gasteiger partial charge in [0.25, 0.3) is 5.91 Å². The summed E-state index contributed by atoms with van der Waals surface area (Å²) in [6.07, 6.45) is 0. The van der Waals surface area contributed by atoms with Gasteiger partial charge in [0.2, 0.25) is 5.91 Å². The molecule has 0 aliphatic carbocycles. The van der Waals surface area contributed by atoms with E-state index in [2.05, 4.69) is 15.6 Å². The van der Waals surface area contributed by atoms with Crippen molar-refractivity contribution < 1.29 is 14.0 Å². The molecule has 128 valence electrons. The van der Waals surface area contributed by atoms with Gasteiger partial charge in [-0.3, -0.25) is 9.59 Å². The molecule has 2 aromatic heterocycles. The third kappa shape index (κ3) is 4.28. The maximum Gasteiger partial charge on any atom is 0.261 e. The number of thiazole rings is 1. The van der Waals surface area contributed by atoms with Gasteiger partial charge in [0, 0.05) is 10.4 Å². The van der Waals surface area contributed by atoms with Gasteiger partial charge < -0.3 is 10.6 Å². The number of nitrogens with zero attached hydrogens (tertiary/aromatic N) is 1. The van der Waals surface area contributed by atoms with Gasteiger partial charge in [0.05, 0.1) is 17.1 Å². The summed E-state index contributed by atoms with van der Waals surface area (Å²) in [6.45, 7) is 1.74. The number of hydrogen-bond acceptors (Lipinski definition) is 5. The number of aryl methyl sites for hydroxylation is 1. The Kier molecular flexibility index (Phi) is 5.20. The van der Waals surface area contributed by atoms with Crippen LogP contribution in [0, 0.1) is 12.7 Å². The molecule has 8 heteroatoms. The van der Waals surface area contributed by atoms with Crippen LogP contribution in [-0.4, -0.2) is 23.3 Å². The normalized spacial score (nSPS) is 10.5. The molecule has 0 radical (unpaired) electrons. The van der Waals surface area contributed by atoms with E-state index in [1.54, 1.807) is 29.6 Å². The van der Waals surface area contributed by atoms with Gasteiger partial charge in [-0.25, -0.2) is 9.37 Å². The van der Waals surface area contributed by atoms with Crippen LogP contribution in [0.4, 0.5) is 9.52 Å². The highest BCUT2D eigenvalue weighted by Gasteiger charge is 2.13. The van der Waals surface area contributed by atoms with E-state index in [1.807, 2.05) is 6.92 Å². The Bertz CT molecular complexity index is 889. The van der Waals surface area contributed by atoms with Crippen molar-refractivity contribution in [2.24, 2.45) is 0 Å². The number of aromatic nitrogens is 1. The molecule has 3 aromatic rings. The first-order chi connectivity index (χ1) is 12.0. The Balaban J connectivity index is 1.61. The lowest BCUT2D eigenvalue weighted by atomic mass is 10.1. The lowest BCUT2D eigenvalue weighted by Crippen LogP contribution is -2.32. The van der Waals surface area contributed by atoms with Crippen molar-refractivity contribution in [1.29, 1.82) is 0 Å². The molecule has 0 aliphatic heterocycles. The number of carbonyl (C=O) groups is 2. The van der Waals surface area contributed by atoms with Crippen LogP contribution in [0.3, 0.4) is 0 Å². The summed E-state index contributed by atoms with van der Waals surface area (Å²) in [5, 5.41) is 7.46. The summed E-state index contributed by atoms with van der Waals surface area (Å²) < 4.78 is 13.0. The van der Waals surface area contributed by atoms with Crippen molar-refractivity contribution in [3.8, 4) is 11.3 Å². The van der Waals surface area contributed by atoms with Crippen molar-refractivity contribution in [2.45, 2.75) is 6.92 Å². The van der Waals surface area contributed by atoms with Gasteiger partial charge in [-0.15, -0.1) is 22.7 Å². The molecule has 1 aromatic carbocycles. The second-order valence-corrected chi connectivity index (χ2v) is 7.29. The predicted molar refractivity (Wildman–Crippen MR) is 97.5 cm³/mol. The summed E-state index contributed by atoms with van der Waals surface area (Å²) in [6, 6.07) is 9.49. The Morgan fingerprint density at radius 2 is 1.96 bits per heavy atom. The molecule has 0 unspecified atom stereocenters. The Labute approximate surface area is 151 Å². The molecule has 2 amide bonds. The minimum atomic E-state index is -0.357. The van der Waals surface area contributed by atoms with Crippen LogP contribution in [0.25, 0.3) is 11.3 Å². The number of thiophene rings is 1. The fraction of sp³-hybridized carbons (Fsp3) is 0.118. The van der Waals surface area contributed by atoms with E-state index in [0.29, 0.717) is 15.7 Å². The van der Waals surface area contributed by atoms with E-state index >= 15 is 0 Å². The number of carbonyl (C=O) groups excluding carboxylic acids is 2. The number of rotatable bonds is 5. The van der Waals surface area contributed by atoms with Crippen LogP contribution < -0.4 is 10.6 Å². The summed E-state index contributed by atoms with van der Waals surface area (Å²) in [5.74, 6) is -0.955. The number of nitrogens with one attached hydrogen (secondary N) is 2. The summed E-state index contributed by atoms with van der Waals surface area (Å²) in [4.78, 5) is 29.6. The predicted octanol–water partition coefficient (Wildman–Crippen LogP) is 3.69. The van der Waals surface area contributed by atoms with Crippen molar-refractivity contribution in [3.05, 3.63) is 57.3 Å². The van der Waals surface area contributed by atoms with E-state index in [-0.39, 0.29) is 24.2 Å². The van der Waals surface area contributed by atoms with Gasteiger partial charge in [0.1, 0.15) is 5.82 Å². The Morgan fingerprint density at radius 3 is 2.64 bits per heavy atom. The molecular weight excluding hydrogens is 361 g/mol. The lowest BCUT2D eigenvalue weighted by Gasteiger charge is -2.03. The number of hydrogen-bond donors (Lipinski definition) is 2. The zero-order valence-corrected chi connectivity index (χ0v) is 14.8. The molecule has 3 rings (SSSR count). The number of benzene rings is 1. The SMILES string of the molecule is Cc1sc(NC(=O)CNC(=O)c2cccs2)nc1-c1ccc(F)cc1. The summed E-state index contributed by atoms with van der Waals surface area (Å²) in [7, 11) is 0. The fourth-order valence-corrected chi connectivity index (χ4v) is 3.64. The molecule has 0 atom stereocenters. The average Bonchev–Trinajstić information content (AvgIpc) is 3.23. The minimum Gasteiger partial charge on any atom is -0.342 e. The van der Waals surface area contributed by atoms with Gasteiger partial charge in [-0.2, -0.15) is 0 Å². The van der Waals surface area contributed by atoms with Crippen molar-refractivity contribution in [3.63, 3.8) is 0 Å². The molecule has 5 nitrogen and oxygen atoms in total. The van der Waals surface area contributed by atoms with E-state index < -0.39 is 0 Å². The van der Waals surface area contributed by atoms with Crippen LogP contribution in [0.15, 0.2) is 41.8 Å². The third-order valence-corrected chi connectivity index (χ3v) is 5.07. The second kappa shape index (κ2) is 7.54. The van der Waals surface area contributed by atoms with Crippen LogP contribution >= 0.6 is 22.7 Å². The highest BCUT2D eigenvalue weighted by atomic mass is 32.1. The van der Waals surface area contributed by atoms with Crippen molar-refractivity contribution >= 4 is 39.6 Å². The van der Waals surface area contributed by atoms with Crippen molar-refractivity contribution in [1.82, 2.24) is 10.3 Å². The van der Waals surface area contributed by atoms with E-state index in [4.69, 9.17) is 0 Å². The summed E-state index contributed by atoms with van der Waals surface area (Å²) >= 11 is 2.64. The van der Waals surface area contributed by atoms with Gasteiger partial charge in [0.15, 0.2) is 5.13 Å². The van der Waals surface area contributed by atoms with Crippen LogP contribution in [0.1, 0.15) is 14.5 Å². The maximum atomic E-state index is 13.0. The summed E-state index contributed by atoms with van der Waals surface area (Å²) in [5.41, 5.74) is 1.48. The van der Waals surface area contributed by atoms with E-state index in [1.165, 1.54) is 34.8 Å². The highest BCUT2D eigenvalue weighted by molar-refractivity contribution is 7.16. The van der Waals surface area contributed by atoms with Crippen LogP contribution in [0.5, 0.6) is 0 Å². The quantitative estimate of drug-likeness (QED) is 0.714. The average molecular weight is 375 g/mol. The van der Waals surface area contributed by atoms with E-state index in [0.717, 1.165) is 10.4 Å². The third-order valence-electron chi connectivity index (χ3n) is 3.32. The molecule has 0 bridgehead atoms. The molecular formula is C17H14FN3O2S2. The first-order valence-electron chi connectivity index (χ1n) is 7.38. The van der Waals surface area contributed by atoms with Crippen LogP contribution in [-0.2, 0) is 4.79 Å². The molecule has 25 heavy (non-hydrogen) atoms.